The lowest BCUT2D eigenvalue weighted by Gasteiger charge is -2.09. The summed E-state index contributed by atoms with van der Waals surface area (Å²) in [7, 11) is -3.86. The van der Waals surface area contributed by atoms with Crippen LogP contribution in [0.3, 0.4) is 0 Å². The summed E-state index contributed by atoms with van der Waals surface area (Å²) in [4.78, 5) is 3.78. The molecule has 5 nitrogen and oxygen atoms in total. The van der Waals surface area contributed by atoms with Crippen LogP contribution in [0.2, 0.25) is 0 Å². The number of aryl methyl sites for hydroxylation is 2. The molecule has 0 amide bonds. The maximum absolute atomic E-state index is 11.4. The highest BCUT2D eigenvalue weighted by molar-refractivity contribution is 7.89. The Bertz CT molecular complexity index is 712. The van der Waals surface area contributed by atoms with Gasteiger partial charge in [0.1, 0.15) is 10.6 Å². The number of hydrogen-bond donors (Lipinski definition) is 1. The van der Waals surface area contributed by atoms with E-state index in [9.17, 15) is 8.42 Å². The molecule has 100 valence electrons. The normalized spacial score (nSPS) is 11.3. The van der Waals surface area contributed by atoms with Crippen LogP contribution in [0.4, 0.5) is 0 Å². The molecule has 0 aliphatic heterocycles. The lowest BCUT2D eigenvalue weighted by atomic mass is 10.1. The van der Waals surface area contributed by atoms with Crippen LogP contribution in [-0.4, -0.2) is 13.4 Å². The van der Waals surface area contributed by atoms with Crippen LogP contribution in [0, 0.1) is 13.8 Å². The fourth-order valence-corrected chi connectivity index (χ4v) is 2.16. The number of hydrogen-bond acceptors (Lipinski definition) is 4. The first-order valence-corrected chi connectivity index (χ1v) is 7.15. The average Bonchev–Trinajstić information content (AvgIpc) is 2.33. The van der Waals surface area contributed by atoms with Crippen molar-refractivity contribution >= 4 is 10.0 Å². The number of aromatic nitrogens is 1. The lowest BCUT2D eigenvalue weighted by molar-refractivity contribution is 0.446. The zero-order valence-electron chi connectivity index (χ0n) is 10.6. The van der Waals surface area contributed by atoms with Crippen LogP contribution in [0.15, 0.2) is 41.4 Å². The van der Waals surface area contributed by atoms with E-state index in [2.05, 4.69) is 4.98 Å². The zero-order chi connectivity index (χ0) is 14.0. The van der Waals surface area contributed by atoms with Crippen molar-refractivity contribution in [1.29, 1.82) is 0 Å². The lowest BCUT2D eigenvalue weighted by Crippen LogP contribution is -2.13. The Morgan fingerprint density at radius 3 is 2.53 bits per heavy atom. The Balaban J connectivity index is 2.41. The Labute approximate surface area is 112 Å². The van der Waals surface area contributed by atoms with Crippen molar-refractivity contribution in [1.82, 2.24) is 4.98 Å². The monoisotopic (exact) mass is 278 g/mol. The molecule has 1 heterocycles. The molecule has 2 N–H and O–H groups in total. The van der Waals surface area contributed by atoms with Crippen molar-refractivity contribution in [3.8, 4) is 11.6 Å². The predicted octanol–water partition coefficient (Wildman–Crippen LogP) is 2.14. The number of pyridine rings is 1. The summed E-state index contributed by atoms with van der Waals surface area (Å²) < 4.78 is 28.3. The fourth-order valence-electron chi connectivity index (χ4n) is 1.56. The van der Waals surface area contributed by atoms with E-state index in [0.717, 1.165) is 11.1 Å². The minimum absolute atomic E-state index is 0.0201. The van der Waals surface area contributed by atoms with Gasteiger partial charge in [0, 0.05) is 6.20 Å². The molecule has 0 bridgehead atoms. The molecule has 0 saturated carbocycles. The smallest absolute Gasteiger partial charge is 0.243 e. The van der Waals surface area contributed by atoms with E-state index in [0.29, 0.717) is 5.75 Å². The van der Waals surface area contributed by atoms with Gasteiger partial charge >= 0.3 is 0 Å². The Morgan fingerprint density at radius 2 is 1.89 bits per heavy atom. The standard InChI is InChI=1S/C13H14N2O3S/c1-9-5-6-11(8-10(9)2)18-13-12(19(14,16)17)4-3-7-15-13/h3-8H,1-2H3,(H2,14,16,17). The van der Waals surface area contributed by atoms with Crippen LogP contribution >= 0.6 is 0 Å². The van der Waals surface area contributed by atoms with Gasteiger partial charge in [0.2, 0.25) is 15.9 Å². The molecule has 0 aliphatic rings. The van der Waals surface area contributed by atoms with Crippen LogP contribution in [0.5, 0.6) is 11.6 Å². The number of rotatable bonds is 3. The number of nitrogens with zero attached hydrogens (tertiary/aromatic N) is 1. The largest absolute Gasteiger partial charge is 0.438 e. The summed E-state index contributed by atoms with van der Waals surface area (Å²) in [5.74, 6) is 0.500. The van der Waals surface area contributed by atoms with Crippen molar-refractivity contribution in [3.63, 3.8) is 0 Å². The maximum Gasteiger partial charge on any atom is 0.243 e. The third kappa shape index (κ3) is 3.10. The molecule has 2 rings (SSSR count). The van der Waals surface area contributed by atoms with E-state index < -0.39 is 10.0 Å². The molecular formula is C13H14N2O3S. The molecule has 0 unspecified atom stereocenters. The van der Waals surface area contributed by atoms with Crippen molar-refractivity contribution in [2.75, 3.05) is 0 Å². The first-order valence-electron chi connectivity index (χ1n) is 5.61. The molecule has 1 aromatic carbocycles. The number of nitrogens with two attached hydrogens (primary N) is 1. The van der Waals surface area contributed by atoms with Crippen LogP contribution in [0.1, 0.15) is 11.1 Å². The number of benzene rings is 1. The average molecular weight is 278 g/mol. The molecule has 6 heteroatoms. The fraction of sp³-hybridized carbons (Fsp3) is 0.154. The van der Waals surface area contributed by atoms with E-state index in [4.69, 9.17) is 9.88 Å². The molecule has 2 aromatic rings. The highest BCUT2D eigenvalue weighted by Gasteiger charge is 2.16. The quantitative estimate of drug-likeness (QED) is 0.932. The third-order valence-electron chi connectivity index (χ3n) is 2.74. The number of ether oxygens (including phenoxy) is 1. The molecule has 0 atom stereocenters. The second-order valence-corrected chi connectivity index (χ2v) is 5.73. The zero-order valence-corrected chi connectivity index (χ0v) is 11.4. The van der Waals surface area contributed by atoms with E-state index in [1.165, 1.54) is 18.3 Å². The van der Waals surface area contributed by atoms with E-state index in [-0.39, 0.29) is 10.8 Å². The summed E-state index contributed by atoms with van der Waals surface area (Å²) in [5.41, 5.74) is 2.17. The first-order chi connectivity index (χ1) is 8.88. The summed E-state index contributed by atoms with van der Waals surface area (Å²) >= 11 is 0. The molecule has 19 heavy (non-hydrogen) atoms. The van der Waals surface area contributed by atoms with Crippen molar-refractivity contribution in [2.45, 2.75) is 18.7 Å². The highest BCUT2D eigenvalue weighted by Crippen LogP contribution is 2.26. The van der Waals surface area contributed by atoms with E-state index in [1.54, 1.807) is 6.07 Å². The number of primary sulfonamides is 1. The highest BCUT2D eigenvalue weighted by atomic mass is 32.2. The van der Waals surface area contributed by atoms with E-state index >= 15 is 0 Å². The van der Waals surface area contributed by atoms with Crippen molar-refractivity contribution in [2.24, 2.45) is 5.14 Å². The van der Waals surface area contributed by atoms with Crippen LogP contribution in [0.25, 0.3) is 0 Å². The molecule has 0 spiro atoms. The van der Waals surface area contributed by atoms with Gasteiger partial charge in [0.25, 0.3) is 0 Å². The van der Waals surface area contributed by atoms with Gasteiger partial charge in [0.05, 0.1) is 0 Å². The van der Waals surface area contributed by atoms with Gasteiger partial charge < -0.3 is 4.74 Å². The van der Waals surface area contributed by atoms with Gasteiger partial charge in [-0.1, -0.05) is 6.07 Å². The van der Waals surface area contributed by atoms with Gasteiger partial charge in [-0.25, -0.2) is 18.5 Å². The molecule has 0 fully saturated rings. The van der Waals surface area contributed by atoms with Gasteiger partial charge in [-0.05, 0) is 49.2 Å². The van der Waals surface area contributed by atoms with Gasteiger partial charge in [-0.2, -0.15) is 0 Å². The minimum Gasteiger partial charge on any atom is -0.438 e. The molecule has 0 aliphatic carbocycles. The SMILES string of the molecule is Cc1ccc(Oc2ncccc2S(N)(=O)=O)cc1C. The molecule has 0 radical (unpaired) electrons. The van der Waals surface area contributed by atoms with Gasteiger partial charge in [-0.3, -0.25) is 0 Å². The second-order valence-electron chi connectivity index (χ2n) is 4.20. The Morgan fingerprint density at radius 1 is 1.16 bits per heavy atom. The van der Waals surface area contributed by atoms with Gasteiger partial charge in [-0.15, -0.1) is 0 Å². The summed E-state index contributed by atoms with van der Waals surface area (Å²) in [6.45, 7) is 3.93. The summed E-state index contributed by atoms with van der Waals surface area (Å²) in [5, 5.41) is 5.12. The summed E-state index contributed by atoms with van der Waals surface area (Å²) in [6.07, 6.45) is 1.45. The van der Waals surface area contributed by atoms with Crippen molar-refractivity contribution < 1.29 is 13.2 Å². The van der Waals surface area contributed by atoms with E-state index in [1.807, 2.05) is 26.0 Å². The Kier molecular flexibility index (Phi) is 3.55. The topological polar surface area (TPSA) is 82.3 Å². The first kappa shape index (κ1) is 13.5. The number of sulfonamides is 1. The second kappa shape index (κ2) is 4.99. The molecule has 0 saturated heterocycles. The van der Waals surface area contributed by atoms with Crippen LogP contribution in [-0.2, 0) is 10.0 Å². The maximum atomic E-state index is 11.4. The molecular weight excluding hydrogens is 264 g/mol. The van der Waals surface area contributed by atoms with Gasteiger partial charge in [0.15, 0.2) is 0 Å². The molecule has 1 aromatic heterocycles. The van der Waals surface area contributed by atoms with Crippen LogP contribution < -0.4 is 9.88 Å². The Hall–Kier alpha value is -1.92. The van der Waals surface area contributed by atoms with Crippen molar-refractivity contribution in [3.05, 3.63) is 47.7 Å². The summed E-state index contributed by atoms with van der Waals surface area (Å²) in [6, 6.07) is 8.32. The predicted molar refractivity (Wildman–Crippen MR) is 71.6 cm³/mol. The minimum atomic E-state index is -3.86. The third-order valence-corrected chi connectivity index (χ3v) is 3.66.